The van der Waals surface area contributed by atoms with E-state index < -0.39 is 39.3 Å². The van der Waals surface area contributed by atoms with Crippen molar-refractivity contribution >= 4 is 23.3 Å². The van der Waals surface area contributed by atoms with Gasteiger partial charge in [0, 0.05) is 6.20 Å². The molecule has 1 aromatic heterocycles. The second-order valence-electron chi connectivity index (χ2n) is 3.00. The van der Waals surface area contributed by atoms with Crippen molar-refractivity contribution in [2.75, 3.05) is 6.61 Å². The van der Waals surface area contributed by atoms with Crippen LogP contribution in [0, 0.1) is 10.1 Å². The van der Waals surface area contributed by atoms with Crippen molar-refractivity contribution in [3.63, 3.8) is 0 Å². The molecule has 9 heteroatoms. The third-order valence-electron chi connectivity index (χ3n) is 1.90. The van der Waals surface area contributed by atoms with Crippen LogP contribution in [0.2, 0.25) is 5.02 Å². The van der Waals surface area contributed by atoms with Gasteiger partial charge in [-0.15, -0.1) is 0 Å². The number of hydrogen-bond acceptors (Lipinski definition) is 5. The average Bonchev–Trinajstić information content (AvgIpc) is 2.27. The zero-order valence-corrected chi connectivity index (χ0v) is 9.78. The van der Waals surface area contributed by atoms with Crippen LogP contribution in [0.4, 0.5) is 14.5 Å². The lowest BCUT2D eigenvalue weighted by Gasteiger charge is -2.06. The van der Waals surface area contributed by atoms with Gasteiger partial charge in [-0.3, -0.25) is 10.1 Å². The van der Waals surface area contributed by atoms with Gasteiger partial charge in [-0.2, -0.15) is 0 Å². The Labute approximate surface area is 105 Å². The van der Waals surface area contributed by atoms with E-state index in [2.05, 4.69) is 9.72 Å². The van der Waals surface area contributed by atoms with Gasteiger partial charge in [0.15, 0.2) is 0 Å². The van der Waals surface area contributed by atoms with Crippen molar-refractivity contribution in [1.82, 2.24) is 4.98 Å². The van der Waals surface area contributed by atoms with Gasteiger partial charge in [0.2, 0.25) is 5.69 Å². The first-order valence-electron chi connectivity index (χ1n) is 4.68. The molecule has 0 aliphatic heterocycles. The molecule has 1 aromatic rings. The van der Waals surface area contributed by atoms with Crippen molar-refractivity contribution in [3.05, 3.63) is 32.6 Å². The summed E-state index contributed by atoms with van der Waals surface area (Å²) in [6.45, 7) is 1.45. The van der Waals surface area contributed by atoms with E-state index in [-0.39, 0.29) is 6.61 Å². The van der Waals surface area contributed by atoms with E-state index in [0.29, 0.717) is 6.20 Å². The molecule has 0 saturated carbocycles. The highest BCUT2D eigenvalue weighted by Crippen LogP contribution is 2.35. The third-order valence-corrected chi connectivity index (χ3v) is 2.30. The van der Waals surface area contributed by atoms with Crippen LogP contribution in [-0.2, 0) is 4.74 Å². The molecular weight excluding hydrogens is 274 g/mol. The van der Waals surface area contributed by atoms with E-state index in [0.717, 1.165) is 0 Å². The largest absolute Gasteiger partial charge is 0.461 e. The molecular formula is C9H7ClF2N2O4. The Morgan fingerprint density at radius 2 is 2.28 bits per heavy atom. The number of alkyl halides is 2. The van der Waals surface area contributed by atoms with Crippen molar-refractivity contribution < 1.29 is 23.2 Å². The zero-order chi connectivity index (χ0) is 13.9. The second-order valence-corrected chi connectivity index (χ2v) is 3.38. The molecule has 0 fully saturated rings. The molecule has 18 heavy (non-hydrogen) atoms. The summed E-state index contributed by atoms with van der Waals surface area (Å²) in [6.07, 6.45) is -2.41. The molecule has 0 N–H and O–H groups in total. The molecule has 0 aliphatic rings. The number of nitro groups is 1. The highest BCUT2D eigenvalue weighted by Gasteiger charge is 2.31. The molecule has 0 atom stereocenters. The highest BCUT2D eigenvalue weighted by molar-refractivity contribution is 6.34. The van der Waals surface area contributed by atoms with Gasteiger partial charge < -0.3 is 4.74 Å². The molecule has 0 unspecified atom stereocenters. The fraction of sp³-hybridized carbons (Fsp3) is 0.333. The van der Waals surface area contributed by atoms with Gasteiger partial charge in [0.25, 0.3) is 6.43 Å². The lowest BCUT2D eigenvalue weighted by atomic mass is 10.2. The Balaban J connectivity index is 3.41. The molecule has 0 aliphatic carbocycles. The highest BCUT2D eigenvalue weighted by atomic mass is 35.5. The van der Waals surface area contributed by atoms with E-state index in [4.69, 9.17) is 11.6 Å². The summed E-state index contributed by atoms with van der Waals surface area (Å²) in [5.74, 6) is -1.09. The Hall–Kier alpha value is -1.83. The molecule has 0 amide bonds. The van der Waals surface area contributed by atoms with E-state index >= 15 is 0 Å². The van der Waals surface area contributed by atoms with E-state index in [1.807, 2.05) is 0 Å². The average molecular weight is 281 g/mol. The van der Waals surface area contributed by atoms with Gasteiger partial charge in [-0.05, 0) is 6.92 Å². The quantitative estimate of drug-likeness (QED) is 0.481. The SMILES string of the molecule is CCOC(=O)c1ncc(C(F)F)c(Cl)c1[N+](=O)[O-]. The van der Waals surface area contributed by atoms with Crippen molar-refractivity contribution in [2.24, 2.45) is 0 Å². The smallest absolute Gasteiger partial charge is 0.364 e. The normalized spacial score (nSPS) is 10.5. The predicted molar refractivity (Wildman–Crippen MR) is 56.8 cm³/mol. The standard InChI is InChI=1S/C9H7ClF2N2O4/c1-2-18-9(15)6-7(14(16)17)5(10)4(3-13-6)8(11)12/h3,8H,2H2,1H3. The Morgan fingerprint density at radius 3 is 2.72 bits per heavy atom. The molecule has 1 rings (SSSR count). The molecule has 0 saturated heterocycles. The first-order valence-corrected chi connectivity index (χ1v) is 5.06. The van der Waals surface area contributed by atoms with Crippen LogP contribution in [0.3, 0.4) is 0 Å². The number of carbonyl (C=O) groups is 1. The van der Waals surface area contributed by atoms with Gasteiger partial charge in [0.05, 0.1) is 17.1 Å². The number of halogens is 3. The Morgan fingerprint density at radius 1 is 1.67 bits per heavy atom. The van der Waals surface area contributed by atoms with Crippen LogP contribution in [0.15, 0.2) is 6.20 Å². The van der Waals surface area contributed by atoms with Crippen LogP contribution in [-0.4, -0.2) is 22.5 Å². The fourth-order valence-electron chi connectivity index (χ4n) is 1.16. The molecule has 6 nitrogen and oxygen atoms in total. The summed E-state index contributed by atoms with van der Waals surface area (Å²) >= 11 is 5.48. The van der Waals surface area contributed by atoms with Crippen LogP contribution < -0.4 is 0 Å². The predicted octanol–water partition coefficient (Wildman–Crippen LogP) is 2.76. The molecule has 0 spiro atoms. The zero-order valence-electron chi connectivity index (χ0n) is 9.02. The van der Waals surface area contributed by atoms with Crippen molar-refractivity contribution in [1.29, 1.82) is 0 Å². The van der Waals surface area contributed by atoms with E-state index in [9.17, 15) is 23.7 Å². The van der Waals surface area contributed by atoms with Crippen LogP contribution >= 0.6 is 11.6 Å². The van der Waals surface area contributed by atoms with Gasteiger partial charge in [-0.25, -0.2) is 18.6 Å². The summed E-state index contributed by atoms with van der Waals surface area (Å²) in [6, 6.07) is 0. The summed E-state index contributed by atoms with van der Waals surface area (Å²) < 4.78 is 29.5. The number of pyridine rings is 1. The number of nitrogens with zero attached hydrogens (tertiary/aromatic N) is 2. The number of hydrogen-bond donors (Lipinski definition) is 0. The number of esters is 1. The maximum Gasteiger partial charge on any atom is 0.364 e. The number of rotatable bonds is 4. The maximum absolute atomic E-state index is 12.5. The fourth-order valence-corrected chi connectivity index (χ4v) is 1.45. The van der Waals surface area contributed by atoms with E-state index in [1.54, 1.807) is 0 Å². The van der Waals surface area contributed by atoms with Gasteiger partial charge in [0.1, 0.15) is 5.02 Å². The minimum Gasteiger partial charge on any atom is -0.461 e. The first kappa shape index (κ1) is 14.2. The van der Waals surface area contributed by atoms with Crippen LogP contribution in [0.25, 0.3) is 0 Å². The molecule has 0 aromatic carbocycles. The molecule has 0 radical (unpaired) electrons. The lowest BCUT2D eigenvalue weighted by molar-refractivity contribution is -0.385. The first-order chi connectivity index (χ1) is 8.40. The van der Waals surface area contributed by atoms with Crippen LogP contribution in [0.5, 0.6) is 0 Å². The van der Waals surface area contributed by atoms with Crippen molar-refractivity contribution in [2.45, 2.75) is 13.3 Å². The molecule has 98 valence electrons. The van der Waals surface area contributed by atoms with Crippen LogP contribution in [0.1, 0.15) is 29.4 Å². The number of carbonyl (C=O) groups excluding carboxylic acids is 1. The minimum absolute atomic E-state index is 0.0358. The summed E-state index contributed by atoms with van der Waals surface area (Å²) in [5.41, 5.74) is -2.49. The topological polar surface area (TPSA) is 82.3 Å². The Kier molecular flexibility index (Phi) is 4.49. The minimum atomic E-state index is -3.03. The summed E-state index contributed by atoms with van der Waals surface area (Å²) in [4.78, 5) is 24.4. The molecule has 1 heterocycles. The maximum atomic E-state index is 12.5. The Bertz CT molecular complexity index is 496. The number of ether oxygens (including phenoxy) is 1. The monoisotopic (exact) mass is 280 g/mol. The summed E-state index contributed by atoms with van der Waals surface area (Å²) in [5, 5.41) is 9.94. The number of aromatic nitrogens is 1. The second kappa shape index (κ2) is 5.67. The van der Waals surface area contributed by atoms with Gasteiger partial charge >= 0.3 is 11.7 Å². The van der Waals surface area contributed by atoms with Crippen molar-refractivity contribution in [3.8, 4) is 0 Å². The summed E-state index contributed by atoms with van der Waals surface area (Å²) in [7, 11) is 0. The molecule has 0 bridgehead atoms. The third kappa shape index (κ3) is 2.70. The lowest BCUT2D eigenvalue weighted by Crippen LogP contribution is -2.11. The van der Waals surface area contributed by atoms with Gasteiger partial charge in [-0.1, -0.05) is 11.6 Å². The van der Waals surface area contributed by atoms with E-state index in [1.165, 1.54) is 6.92 Å².